The van der Waals surface area contributed by atoms with Crippen molar-refractivity contribution in [2.45, 2.75) is 19.4 Å². The van der Waals surface area contributed by atoms with Gasteiger partial charge in [-0.2, -0.15) is 0 Å². The van der Waals surface area contributed by atoms with E-state index in [4.69, 9.17) is 33.7 Å². The molecule has 1 aromatic carbocycles. The molecular formula is C14H14Cl2N2O. The summed E-state index contributed by atoms with van der Waals surface area (Å²) >= 11 is 11.8. The maximum atomic E-state index is 5.91. The Morgan fingerprint density at radius 2 is 1.84 bits per heavy atom. The van der Waals surface area contributed by atoms with Gasteiger partial charge in [0.2, 0.25) is 0 Å². The van der Waals surface area contributed by atoms with Gasteiger partial charge in [-0.05, 0) is 36.8 Å². The number of benzene rings is 1. The number of rotatable bonds is 4. The van der Waals surface area contributed by atoms with Gasteiger partial charge >= 0.3 is 0 Å². The molecule has 0 spiro atoms. The minimum Gasteiger partial charge on any atom is -0.456 e. The fraction of sp³-hybridized carbons (Fsp3) is 0.214. The molecule has 0 saturated heterocycles. The normalized spacial score (nSPS) is 12.2. The minimum absolute atomic E-state index is 0.0466. The van der Waals surface area contributed by atoms with Gasteiger partial charge in [-0.25, -0.2) is 0 Å². The van der Waals surface area contributed by atoms with Gasteiger partial charge in [0.25, 0.3) is 0 Å². The van der Waals surface area contributed by atoms with E-state index in [0.29, 0.717) is 21.5 Å². The molecule has 2 rings (SSSR count). The van der Waals surface area contributed by atoms with E-state index in [9.17, 15) is 0 Å². The van der Waals surface area contributed by atoms with Crippen molar-refractivity contribution in [3.63, 3.8) is 0 Å². The van der Waals surface area contributed by atoms with Crippen LogP contribution in [0.5, 0.6) is 11.5 Å². The molecule has 0 fully saturated rings. The molecule has 5 heteroatoms. The van der Waals surface area contributed by atoms with Gasteiger partial charge in [-0.15, -0.1) is 0 Å². The van der Waals surface area contributed by atoms with Crippen LogP contribution in [-0.4, -0.2) is 4.98 Å². The van der Waals surface area contributed by atoms with Crippen LogP contribution in [0.1, 0.15) is 25.1 Å². The maximum absolute atomic E-state index is 5.91. The highest BCUT2D eigenvalue weighted by Gasteiger charge is 2.06. The average molecular weight is 297 g/mol. The van der Waals surface area contributed by atoms with Gasteiger partial charge in [0, 0.05) is 16.1 Å². The Balaban J connectivity index is 2.15. The number of ether oxygens (including phenoxy) is 1. The monoisotopic (exact) mass is 296 g/mol. The first-order valence-electron chi connectivity index (χ1n) is 5.94. The molecular weight excluding hydrogens is 283 g/mol. The smallest absolute Gasteiger partial charge is 0.145 e. The summed E-state index contributed by atoms with van der Waals surface area (Å²) in [6.45, 7) is 2.02. The van der Waals surface area contributed by atoms with Crippen LogP contribution < -0.4 is 10.5 Å². The minimum atomic E-state index is -0.0466. The molecule has 1 heterocycles. The SMILES string of the molecule is CC[C@H](N)c1ccc(Oc2cc(Cl)cc(Cl)c2)cn1. The molecule has 0 aliphatic carbocycles. The summed E-state index contributed by atoms with van der Waals surface area (Å²) in [5.74, 6) is 1.19. The number of nitrogens with zero attached hydrogens (tertiary/aromatic N) is 1. The number of pyridine rings is 1. The van der Waals surface area contributed by atoms with Crippen molar-refractivity contribution in [2.75, 3.05) is 0 Å². The Bertz CT molecular complexity index is 538. The molecule has 2 aromatic rings. The Kier molecular flexibility index (Phi) is 4.64. The number of hydrogen-bond donors (Lipinski definition) is 1. The van der Waals surface area contributed by atoms with Crippen molar-refractivity contribution < 1.29 is 4.74 Å². The third-order valence-electron chi connectivity index (χ3n) is 2.65. The van der Waals surface area contributed by atoms with Crippen LogP contribution >= 0.6 is 23.2 Å². The predicted octanol–water partition coefficient (Wildman–Crippen LogP) is 4.59. The lowest BCUT2D eigenvalue weighted by molar-refractivity contribution is 0.479. The summed E-state index contributed by atoms with van der Waals surface area (Å²) in [4.78, 5) is 4.27. The van der Waals surface area contributed by atoms with E-state index in [-0.39, 0.29) is 6.04 Å². The molecule has 0 saturated carbocycles. The Morgan fingerprint density at radius 3 is 2.37 bits per heavy atom. The van der Waals surface area contributed by atoms with Crippen LogP contribution in [0.15, 0.2) is 36.5 Å². The zero-order valence-electron chi connectivity index (χ0n) is 10.4. The first-order valence-corrected chi connectivity index (χ1v) is 6.69. The molecule has 0 aliphatic rings. The van der Waals surface area contributed by atoms with Crippen LogP contribution in [0, 0.1) is 0 Å². The molecule has 0 amide bonds. The average Bonchev–Trinajstić information content (AvgIpc) is 2.37. The van der Waals surface area contributed by atoms with E-state index in [2.05, 4.69) is 4.98 Å². The first-order chi connectivity index (χ1) is 9.08. The van der Waals surface area contributed by atoms with E-state index < -0.39 is 0 Å². The highest BCUT2D eigenvalue weighted by molar-refractivity contribution is 6.34. The van der Waals surface area contributed by atoms with Gasteiger partial charge < -0.3 is 10.5 Å². The zero-order valence-corrected chi connectivity index (χ0v) is 11.9. The fourth-order valence-corrected chi connectivity index (χ4v) is 2.11. The topological polar surface area (TPSA) is 48.1 Å². The summed E-state index contributed by atoms with van der Waals surface area (Å²) < 4.78 is 5.64. The van der Waals surface area contributed by atoms with E-state index >= 15 is 0 Å². The van der Waals surface area contributed by atoms with Gasteiger partial charge in [0.15, 0.2) is 0 Å². The highest BCUT2D eigenvalue weighted by atomic mass is 35.5. The van der Waals surface area contributed by atoms with E-state index in [1.807, 2.05) is 19.1 Å². The quantitative estimate of drug-likeness (QED) is 0.897. The molecule has 19 heavy (non-hydrogen) atoms. The summed E-state index contributed by atoms with van der Waals surface area (Å²) in [5.41, 5.74) is 6.74. The van der Waals surface area contributed by atoms with Gasteiger partial charge in [-0.3, -0.25) is 4.98 Å². The molecule has 3 nitrogen and oxygen atoms in total. The van der Waals surface area contributed by atoms with Crippen molar-refractivity contribution >= 4 is 23.2 Å². The number of hydrogen-bond acceptors (Lipinski definition) is 3. The third kappa shape index (κ3) is 3.83. The van der Waals surface area contributed by atoms with Crippen LogP contribution in [-0.2, 0) is 0 Å². The molecule has 0 unspecified atom stereocenters. The molecule has 2 N–H and O–H groups in total. The Hall–Kier alpha value is -1.29. The van der Waals surface area contributed by atoms with Crippen LogP contribution in [0.3, 0.4) is 0 Å². The predicted molar refractivity (Wildman–Crippen MR) is 78.0 cm³/mol. The lowest BCUT2D eigenvalue weighted by Crippen LogP contribution is -2.10. The highest BCUT2D eigenvalue weighted by Crippen LogP contribution is 2.28. The molecule has 0 bridgehead atoms. The van der Waals surface area contributed by atoms with Crippen LogP contribution in [0.4, 0.5) is 0 Å². The molecule has 0 aliphatic heterocycles. The fourth-order valence-electron chi connectivity index (χ4n) is 1.60. The number of halogens is 2. The summed E-state index contributed by atoms with van der Waals surface area (Å²) in [7, 11) is 0. The van der Waals surface area contributed by atoms with Crippen molar-refractivity contribution in [1.82, 2.24) is 4.98 Å². The summed E-state index contributed by atoms with van der Waals surface area (Å²) in [6.07, 6.45) is 2.48. The second-order valence-electron chi connectivity index (χ2n) is 4.14. The second-order valence-corrected chi connectivity index (χ2v) is 5.01. The first kappa shape index (κ1) is 14.1. The standard InChI is InChI=1S/C14H14Cl2N2O/c1-2-13(17)14-4-3-11(8-18-14)19-12-6-9(15)5-10(16)7-12/h3-8,13H,2,17H2,1H3/t13-/m0/s1. The van der Waals surface area contributed by atoms with Gasteiger partial charge in [0.1, 0.15) is 11.5 Å². The Morgan fingerprint density at radius 1 is 1.16 bits per heavy atom. The lowest BCUT2D eigenvalue weighted by Gasteiger charge is -2.10. The second kappa shape index (κ2) is 6.24. The van der Waals surface area contributed by atoms with Crippen LogP contribution in [0.25, 0.3) is 0 Å². The molecule has 0 radical (unpaired) electrons. The third-order valence-corrected chi connectivity index (χ3v) is 3.09. The summed E-state index contributed by atoms with van der Waals surface area (Å²) in [6, 6.07) is 8.67. The number of aromatic nitrogens is 1. The van der Waals surface area contributed by atoms with Crippen molar-refractivity contribution in [3.05, 3.63) is 52.3 Å². The Labute approximate surface area is 122 Å². The maximum Gasteiger partial charge on any atom is 0.145 e. The number of nitrogens with two attached hydrogens (primary N) is 1. The van der Waals surface area contributed by atoms with Gasteiger partial charge in [-0.1, -0.05) is 30.1 Å². The van der Waals surface area contributed by atoms with Crippen molar-refractivity contribution in [1.29, 1.82) is 0 Å². The zero-order chi connectivity index (χ0) is 13.8. The lowest BCUT2D eigenvalue weighted by atomic mass is 10.1. The molecule has 1 aromatic heterocycles. The van der Waals surface area contributed by atoms with E-state index in [0.717, 1.165) is 12.1 Å². The summed E-state index contributed by atoms with van der Waals surface area (Å²) in [5, 5.41) is 1.06. The molecule has 100 valence electrons. The van der Waals surface area contributed by atoms with Crippen molar-refractivity contribution in [2.24, 2.45) is 5.73 Å². The van der Waals surface area contributed by atoms with Gasteiger partial charge in [0.05, 0.1) is 11.9 Å². The largest absolute Gasteiger partial charge is 0.456 e. The molecule has 1 atom stereocenters. The van der Waals surface area contributed by atoms with Crippen LogP contribution in [0.2, 0.25) is 10.0 Å². The van der Waals surface area contributed by atoms with E-state index in [1.165, 1.54) is 0 Å². The van der Waals surface area contributed by atoms with Crippen molar-refractivity contribution in [3.8, 4) is 11.5 Å². The van der Waals surface area contributed by atoms with E-state index in [1.54, 1.807) is 24.4 Å².